The molecule has 2 rings (SSSR count). The molecule has 1 aliphatic heterocycles. The quantitative estimate of drug-likeness (QED) is 0.687. The van der Waals surface area contributed by atoms with Crippen molar-refractivity contribution in [3.63, 3.8) is 0 Å². The number of rotatable bonds is 9. The molecule has 20 heavy (non-hydrogen) atoms. The van der Waals surface area contributed by atoms with Crippen molar-refractivity contribution in [1.82, 2.24) is 5.32 Å². The van der Waals surface area contributed by atoms with Gasteiger partial charge in [0.15, 0.2) is 11.5 Å². The minimum absolute atomic E-state index is 0.257. The van der Waals surface area contributed by atoms with Crippen molar-refractivity contribution in [3.8, 4) is 17.2 Å². The van der Waals surface area contributed by atoms with E-state index in [0.29, 0.717) is 26.4 Å². The highest BCUT2D eigenvalue weighted by molar-refractivity contribution is 5.51. The maximum absolute atomic E-state index is 5.73. The lowest BCUT2D eigenvalue weighted by Gasteiger charge is -2.13. The molecule has 0 bridgehead atoms. The van der Waals surface area contributed by atoms with Gasteiger partial charge in [0.2, 0.25) is 6.79 Å². The number of ether oxygens (including phenoxy) is 5. The number of hydrogen-bond acceptors (Lipinski definition) is 6. The zero-order chi connectivity index (χ0) is 14.2. The maximum atomic E-state index is 5.73. The van der Waals surface area contributed by atoms with E-state index in [-0.39, 0.29) is 6.79 Å². The molecule has 0 atom stereocenters. The summed E-state index contributed by atoms with van der Waals surface area (Å²) in [7, 11) is 3.33. The van der Waals surface area contributed by atoms with Gasteiger partial charge < -0.3 is 29.0 Å². The number of methoxy groups -OCH3 is 2. The molecule has 112 valence electrons. The van der Waals surface area contributed by atoms with Crippen LogP contribution in [0.3, 0.4) is 0 Å². The van der Waals surface area contributed by atoms with Gasteiger partial charge >= 0.3 is 0 Å². The van der Waals surface area contributed by atoms with Crippen LogP contribution in [0, 0.1) is 0 Å². The Balaban J connectivity index is 2.01. The van der Waals surface area contributed by atoms with Crippen molar-refractivity contribution in [2.24, 2.45) is 0 Å². The number of hydrogen-bond donors (Lipinski definition) is 1. The fourth-order valence-corrected chi connectivity index (χ4v) is 1.87. The first-order valence-electron chi connectivity index (χ1n) is 6.59. The van der Waals surface area contributed by atoms with E-state index in [0.717, 1.165) is 29.4 Å². The van der Waals surface area contributed by atoms with Crippen LogP contribution >= 0.6 is 0 Å². The number of nitrogens with one attached hydrogen (secondary N) is 1. The third-order valence-corrected chi connectivity index (χ3v) is 2.90. The summed E-state index contributed by atoms with van der Waals surface area (Å²) in [5.74, 6) is 2.27. The largest absolute Gasteiger partial charge is 0.491 e. The molecular formula is C14H21NO5. The second kappa shape index (κ2) is 7.94. The van der Waals surface area contributed by atoms with Crippen LogP contribution in [0.5, 0.6) is 17.2 Å². The molecule has 1 heterocycles. The molecule has 1 aromatic carbocycles. The predicted molar refractivity (Wildman–Crippen MR) is 73.5 cm³/mol. The second-order valence-electron chi connectivity index (χ2n) is 4.32. The lowest BCUT2D eigenvalue weighted by atomic mass is 10.1. The Bertz CT molecular complexity index is 424. The first-order valence-corrected chi connectivity index (χ1v) is 6.59. The van der Waals surface area contributed by atoms with E-state index in [1.807, 2.05) is 12.1 Å². The zero-order valence-electron chi connectivity index (χ0n) is 11.9. The first-order chi connectivity index (χ1) is 9.85. The van der Waals surface area contributed by atoms with Gasteiger partial charge in [0.05, 0.1) is 13.2 Å². The lowest BCUT2D eigenvalue weighted by molar-refractivity contribution is 0.145. The van der Waals surface area contributed by atoms with Crippen molar-refractivity contribution in [2.75, 3.05) is 47.4 Å². The summed E-state index contributed by atoms with van der Waals surface area (Å²) >= 11 is 0. The Morgan fingerprint density at radius 1 is 1.05 bits per heavy atom. The summed E-state index contributed by atoms with van der Waals surface area (Å²) < 4.78 is 26.5. The Morgan fingerprint density at radius 2 is 1.80 bits per heavy atom. The average molecular weight is 283 g/mol. The van der Waals surface area contributed by atoms with Crippen LogP contribution in [0.4, 0.5) is 0 Å². The lowest BCUT2D eigenvalue weighted by Crippen LogP contribution is -2.19. The molecule has 0 spiro atoms. The van der Waals surface area contributed by atoms with Gasteiger partial charge in [-0.2, -0.15) is 0 Å². The van der Waals surface area contributed by atoms with E-state index < -0.39 is 0 Å². The summed E-state index contributed by atoms with van der Waals surface area (Å²) in [6.07, 6.45) is 0. The molecule has 1 aromatic rings. The monoisotopic (exact) mass is 283 g/mol. The molecule has 6 heteroatoms. The van der Waals surface area contributed by atoms with Crippen LogP contribution < -0.4 is 19.5 Å². The van der Waals surface area contributed by atoms with Gasteiger partial charge in [-0.3, -0.25) is 0 Å². The molecule has 6 nitrogen and oxygen atoms in total. The summed E-state index contributed by atoms with van der Waals surface area (Å²) in [4.78, 5) is 0. The minimum atomic E-state index is 0.257. The van der Waals surface area contributed by atoms with Crippen LogP contribution in [-0.2, 0) is 16.0 Å². The topological polar surface area (TPSA) is 58.2 Å². The normalized spacial score (nSPS) is 12.7. The molecule has 0 saturated carbocycles. The fraction of sp³-hybridized carbons (Fsp3) is 0.571. The van der Waals surface area contributed by atoms with Crippen LogP contribution in [0.25, 0.3) is 0 Å². The Morgan fingerprint density at radius 3 is 2.55 bits per heavy atom. The van der Waals surface area contributed by atoms with Crippen LogP contribution in [-0.4, -0.2) is 47.4 Å². The zero-order valence-corrected chi connectivity index (χ0v) is 11.9. The highest BCUT2D eigenvalue weighted by atomic mass is 16.7. The molecule has 0 radical (unpaired) electrons. The van der Waals surface area contributed by atoms with Gasteiger partial charge in [0, 0.05) is 38.9 Å². The third-order valence-electron chi connectivity index (χ3n) is 2.90. The summed E-state index contributed by atoms with van der Waals surface area (Å²) in [5.41, 5.74) is 1.03. The van der Waals surface area contributed by atoms with Crippen molar-refractivity contribution in [2.45, 2.75) is 6.54 Å². The van der Waals surface area contributed by atoms with E-state index in [9.17, 15) is 0 Å². The standard InChI is InChI=1S/C14H21NO5/c1-16-4-3-15-9-11-7-13-14(20-10-19-13)8-12(11)18-6-5-17-2/h7-8,15H,3-6,9-10H2,1-2H3. The van der Waals surface area contributed by atoms with E-state index >= 15 is 0 Å². The summed E-state index contributed by atoms with van der Waals surface area (Å²) in [6.45, 7) is 3.44. The Kier molecular flexibility index (Phi) is 5.91. The average Bonchev–Trinajstić information content (AvgIpc) is 2.91. The van der Waals surface area contributed by atoms with Crippen molar-refractivity contribution >= 4 is 0 Å². The van der Waals surface area contributed by atoms with Crippen molar-refractivity contribution < 1.29 is 23.7 Å². The van der Waals surface area contributed by atoms with Gasteiger partial charge in [-0.1, -0.05) is 0 Å². The van der Waals surface area contributed by atoms with E-state index in [2.05, 4.69) is 5.32 Å². The molecular weight excluding hydrogens is 262 g/mol. The fourth-order valence-electron chi connectivity index (χ4n) is 1.87. The van der Waals surface area contributed by atoms with E-state index in [1.165, 1.54) is 0 Å². The minimum Gasteiger partial charge on any atom is -0.491 e. The molecule has 1 N–H and O–H groups in total. The third kappa shape index (κ3) is 4.00. The smallest absolute Gasteiger partial charge is 0.231 e. The van der Waals surface area contributed by atoms with Gasteiger partial charge in [0.1, 0.15) is 12.4 Å². The Hall–Kier alpha value is -1.50. The predicted octanol–water partition coefficient (Wildman–Crippen LogP) is 1.18. The summed E-state index contributed by atoms with van der Waals surface area (Å²) in [5, 5.41) is 3.29. The molecule has 0 aromatic heterocycles. The van der Waals surface area contributed by atoms with Crippen molar-refractivity contribution in [3.05, 3.63) is 17.7 Å². The Labute approximate surface area is 118 Å². The van der Waals surface area contributed by atoms with E-state index in [1.54, 1.807) is 14.2 Å². The molecule has 0 fully saturated rings. The maximum Gasteiger partial charge on any atom is 0.231 e. The molecule has 0 amide bonds. The van der Waals surface area contributed by atoms with Crippen LogP contribution in [0.15, 0.2) is 12.1 Å². The van der Waals surface area contributed by atoms with Gasteiger partial charge in [0.25, 0.3) is 0 Å². The van der Waals surface area contributed by atoms with Gasteiger partial charge in [-0.05, 0) is 6.07 Å². The number of benzene rings is 1. The highest BCUT2D eigenvalue weighted by Crippen LogP contribution is 2.38. The molecule has 0 unspecified atom stereocenters. The molecule has 1 aliphatic rings. The first kappa shape index (κ1) is 14.9. The molecule has 0 aliphatic carbocycles. The molecule has 0 saturated heterocycles. The SMILES string of the molecule is COCCNCc1cc2c(cc1OCCOC)OCO2. The highest BCUT2D eigenvalue weighted by Gasteiger charge is 2.17. The van der Waals surface area contributed by atoms with Gasteiger partial charge in [-0.25, -0.2) is 0 Å². The van der Waals surface area contributed by atoms with Gasteiger partial charge in [-0.15, -0.1) is 0 Å². The van der Waals surface area contributed by atoms with Crippen LogP contribution in [0.1, 0.15) is 5.56 Å². The number of fused-ring (bicyclic) bond motifs is 1. The van der Waals surface area contributed by atoms with E-state index in [4.69, 9.17) is 23.7 Å². The van der Waals surface area contributed by atoms with Crippen LogP contribution in [0.2, 0.25) is 0 Å². The second-order valence-corrected chi connectivity index (χ2v) is 4.32. The van der Waals surface area contributed by atoms with Crippen molar-refractivity contribution in [1.29, 1.82) is 0 Å². The summed E-state index contributed by atoms with van der Waals surface area (Å²) in [6, 6.07) is 3.82.